The van der Waals surface area contributed by atoms with Crippen molar-refractivity contribution in [1.29, 1.82) is 0 Å². The molecule has 327 valence electrons. The molecule has 0 saturated heterocycles. The third kappa shape index (κ3) is 10.7. The first-order valence-corrected chi connectivity index (χ1v) is 21.5. The van der Waals surface area contributed by atoms with Gasteiger partial charge >= 0.3 is 0 Å². The second-order valence-corrected chi connectivity index (χ2v) is 16.1. The Kier molecular flexibility index (Phi) is 18.9. The van der Waals surface area contributed by atoms with Crippen molar-refractivity contribution in [2.75, 3.05) is 0 Å². The van der Waals surface area contributed by atoms with Gasteiger partial charge in [-0.2, -0.15) is 0 Å². The zero-order chi connectivity index (χ0) is 45.3. The van der Waals surface area contributed by atoms with E-state index in [1.54, 1.807) is 36.4 Å². The number of aromatic hydroxyl groups is 6. The minimum Gasteiger partial charge on any atom is -0.507 e. The summed E-state index contributed by atoms with van der Waals surface area (Å²) in [5.41, 5.74) is 4.04. The molecule has 10 heteroatoms. The number of benzene rings is 12. The fourth-order valence-corrected chi connectivity index (χ4v) is 9.14. The first-order valence-electron chi connectivity index (χ1n) is 21.5. The van der Waals surface area contributed by atoms with Crippen molar-refractivity contribution in [3.8, 4) is 67.9 Å². The van der Waals surface area contributed by atoms with Gasteiger partial charge in [0.25, 0.3) is 0 Å². The van der Waals surface area contributed by atoms with Gasteiger partial charge in [-0.25, -0.2) is 0 Å². The average Bonchev–Trinajstić information content (AvgIpc) is 3.35. The molecule has 70 heavy (non-hydrogen) atoms. The van der Waals surface area contributed by atoms with Gasteiger partial charge in [0.2, 0.25) is 0 Å². The van der Waals surface area contributed by atoms with Crippen LogP contribution in [0.5, 0.6) is 34.5 Å². The molecule has 12 rings (SSSR count). The summed E-state index contributed by atoms with van der Waals surface area (Å²) in [7, 11) is 0. The molecule has 0 aromatic heterocycles. The zero-order valence-electron chi connectivity index (χ0n) is 38.9. The molecule has 0 heterocycles. The van der Waals surface area contributed by atoms with Crippen LogP contribution in [-0.4, -0.2) is 119 Å². The zero-order valence-corrected chi connectivity index (χ0v) is 47.5. The van der Waals surface area contributed by atoms with Gasteiger partial charge in [-0.3, -0.25) is 0 Å². The number of hydrogen-bond donors (Lipinski definition) is 6. The molecule has 0 aliphatic rings. The third-order valence-electron chi connectivity index (χ3n) is 12.2. The number of phenols is 6. The van der Waals surface area contributed by atoms with Gasteiger partial charge in [-0.15, -0.1) is 0 Å². The minimum atomic E-state index is 0. The molecular formula is C60H42Na3O6Sm. The van der Waals surface area contributed by atoms with Gasteiger partial charge in [0, 0.05) is 162 Å². The number of fused-ring (bicyclic) bond motifs is 6. The van der Waals surface area contributed by atoms with Crippen LogP contribution in [0, 0.1) is 40.4 Å². The molecule has 3 radical (unpaired) electrons. The maximum absolute atomic E-state index is 10.4. The molecule has 0 amide bonds. The van der Waals surface area contributed by atoms with Crippen molar-refractivity contribution in [2.45, 2.75) is 0 Å². The standard InChI is InChI=1S/3C20H14O2.3Na.Sm/c3*21-17-11-9-13-5-1-3-7-15(13)19(17)20-16-8-4-2-6-14(16)10-12-18(20)22;;;;/h3*1-12,21-22H;;;;. The Morgan fingerprint density at radius 2 is 0.300 bits per heavy atom. The van der Waals surface area contributed by atoms with Crippen molar-refractivity contribution in [3.05, 3.63) is 218 Å². The summed E-state index contributed by atoms with van der Waals surface area (Å²) in [5.74, 6) is 1.03. The first-order chi connectivity index (χ1) is 32.3. The van der Waals surface area contributed by atoms with Gasteiger partial charge in [-0.1, -0.05) is 182 Å². The molecule has 0 aliphatic carbocycles. The molecule has 0 aliphatic heterocycles. The number of phenolic OH excluding ortho intramolecular Hbond substituents is 6. The Labute approximate surface area is 503 Å². The molecule has 6 nitrogen and oxygen atoms in total. The Morgan fingerprint density at radius 1 is 0.171 bits per heavy atom. The summed E-state index contributed by atoms with van der Waals surface area (Å²) in [5, 5.41) is 74.3. The molecule has 0 bridgehead atoms. The van der Waals surface area contributed by atoms with E-state index in [-0.39, 0.29) is 164 Å². The van der Waals surface area contributed by atoms with E-state index in [0.717, 1.165) is 64.6 Å². The van der Waals surface area contributed by atoms with Crippen molar-refractivity contribution >= 4 is 153 Å². The van der Waals surface area contributed by atoms with Crippen LogP contribution in [0.4, 0.5) is 0 Å². The average molecular weight is 1080 g/mol. The predicted octanol–water partition coefficient (Wildman–Crippen LogP) is 14.1. The van der Waals surface area contributed by atoms with E-state index in [2.05, 4.69) is 0 Å². The normalized spacial score (nSPS) is 10.5. The van der Waals surface area contributed by atoms with Crippen LogP contribution in [0.3, 0.4) is 0 Å². The van der Waals surface area contributed by atoms with Crippen LogP contribution >= 0.6 is 0 Å². The maximum atomic E-state index is 10.4. The van der Waals surface area contributed by atoms with E-state index in [4.69, 9.17) is 0 Å². The van der Waals surface area contributed by atoms with E-state index in [9.17, 15) is 30.6 Å². The largest absolute Gasteiger partial charge is 0.507 e. The van der Waals surface area contributed by atoms with Crippen LogP contribution < -0.4 is 0 Å². The number of rotatable bonds is 3. The van der Waals surface area contributed by atoms with Crippen LogP contribution in [-0.2, 0) is 0 Å². The van der Waals surface area contributed by atoms with E-state index < -0.39 is 0 Å². The van der Waals surface area contributed by atoms with E-state index in [1.807, 2.05) is 182 Å². The fraction of sp³-hybridized carbons (Fsp3) is 0. The molecular weight excluding hydrogens is 1040 g/mol. The quantitative estimate of drug-likeness (QED) is 0.0981. The van der Waals surface area contributed by atoms with E-state index in [1.165, 1.54) is 0 Å². The number of hydrogen-bond acceptors (Lipinski definition) is 6. The van der Waals surface area contributed by atoms with Gasteiger partial charge in [0.15, 0.2) is 0 Å². The third-order valence-corrected chi connectivity index (χ3v) is 12.2. The Bertz CT molecular complexity index is 3180. The molecule has 0 fully saturated rings. The fourth-order valence-electron chi connectivity index (χ4n) is 9.14. The summed E-state index contributed by atoms with van der Waals surface area (Å²) in [4.78, 5) is 0. The van der Waals surface area contributed by atoms with Crippen molar-refractivity contribution < 1.29 is 71.0 Å². The summed E-state index contributed by atoms with van der Waals surface area (Å²) in [6.07, 6.45) is 0. The van der Waals surface area contributed by atoms with Crippen LogP contribution in [0.25, 0.3) is 98.0 Å². The van der Waals surface area contributed by atoms with Crippen LogP contribution in [0.1, 0.15) is 0 Å². The van der Waals surface area contributed by atoms with Gasteiger partial charge in [0.05, 0.1) is 0 Å². The SMILES string of the molecule is Oc1ccc2ccccc2c1-c1c(O)ccc2ccccc12.Oc1ccc2ccccc2c1-c1c(O)ccc2ccccc12.Oc1ccc2ccccc2c1-c1c(O)ccc2ccccc12.[Na].[Na].[Na].[Sm]. The Morgan fingerprint density at radius 3 is 0.443 bits per heavy atom. The Balaban J connectivity index is 0.000000167. The van der Waals surface area contributed by atoms with Crippen molar-refractivity contribution in [2.24, 2.45) is 0 Å². The molecule has 12 aromatic rings. The van der Waals surface area contributed by atoms with Gasteiger partial charge < -0.3 is 30.6 Å². The van der Waals surface area contributed by atoms with Gasteiger partial charge in [-0.05, 0) is 101 Å². The van der Waals surface area contributed by atoms with E-state index in [0.29, 0.717) is 33.4 Å². The Hall–Kier alpha value is -4.66. The van der Waals surface area contributed by atoms with E-state index >= 15 is 0 Å². The van der Waals surface area contributed by atoms with Crippen LogP contribution in [0.15, 0.2) is 218 Å². The smallest absolute Gasteiger partial charge is 0.124 e. The van der Waals surface area contributed by atoms with Crippen LogP contribution in [0.2, 0.25) is 0 Å². The summed E-state index contributed by atoms with van der Waals surface area (Å²) < 4.78 is 0. The molecule has 0 spiro atoms. The predicted molar refractivity (Wildman–Crippen MR) is 288 cm³/mol. The summed E-state index contributed by atoms with van der Waals surface area (Å²) >= 11 is 0. The topological polar surface area (TPSA) is 121 Å². The second kappa shape index (κ2) is 24.2. The summed E-state index contributed by atoms with van der Waals surface area (Å²) in [6.45, 7) is 0. The second-order valence-electron chi connectivity index (χ2n) is 16.1. The monoisotopic (exact) mass is 1080 g/mol. The molecule has 12 aromatic carbocycles. The molecule has 0 unspecified atom stereocenters. The maximum Gasteiger partial charge on any atom is 0.124 e. The van der Waals surface area contributed by atoms with Gasteiger partial charge in [0.1, 0.15) is 34.5 Å². The summed E-state index contributed by atoms with van der Waals surface area (Å²) in [6, 6.07) is 68.6. The van der Waals surface area contributed by atoms with Crippen molar-refractivity contribution in [1.82, 2.24) is 0 Å². The molecule has 6 N–H and O–H groups in total. The molecule has 0 atom stereocenters. The molecule has 0 saturated carbocycles. The van der Waals surface area contributed by atoms with Crippen molar-refractivity contribution in [3.63, 3.8) is 0 Å². The minimum absolute atomic E-state index is 0. The first kappa shape index (κ1) is 54.7.